The highest BCUT2D eigenvalue weighted by atomic mass is 32.2. The van der Waals surface area contributed by atoms with E-state index in [9.17, 15) is 8.42 Å². The maximum Gasteiger partial charge on any atom is 0.215 e. The third kappa shape index (κ3) is 4.10. The van der Waals surface area contributed by atoms with Crippen LogP contribution in [0.15, 0.2) is 50.4 Å². The van der Waals surface area contributed by atoms with Gasteiger partial charge in [-0.25, -0.2) is 8.42 Å². The van der Waals surface area contributed by atoms with Gasteiger partial charge >= 0.3 is 0 Å². The van der Waals surface area contributed by atoms with E-state index in [0.717, 1.165) is 28.4 Å². The van der Waals surface area contributed by atoms with Crippen LogP contribution in [-0.2, 0) is 16.3 Å². The predicted octanol–water partition coefficient (Wildman–Crippen LogP) is 3.62. The average Bonchev–Trinajstić information content (AvgIpc) is 2.98. The van der Waals surface area contributed by atoms with E-state index in [2.05, 4.69) is 0 Å². The number of thioether (sulfide) groups is 1. The molecule has 0 aliphatic carbocycles. The minimum Gasteiger partial charge on any atom is -0.396 e. The molecule has 0 aliphatic rings. The molecule has 1 N–H and O–H groups in total. The fourth-order valence-electron chi connectivity index (χ4n) is 1.78. The van der Waals surface area contributed by atoms with Crippen molar-refractivity contribution in [2.24, 2.45) is 0 Å². The van der Waals surface area contributed by atoms with Gasteiger partial charge in [0.2, 0.25) is 9.84 Å². The summed E-state index contributed by atoms with van der Waals surface area (Å²) in [6.45, 7) is 2.19. The number of thiophene rings is 1. The van der Waals surface area contributed by atoms with E-state index in [4.69, 9.17) is 5.11 Å². The molecule has 2 aromatic rings. The van der Waals surface area contributed by atoms with Gasteiger partial charge in [0.15, 0.2) is 0 Å². The summed E-state index contributed by atoms with van der Waals surface area (Å²) in [6.07, 6.45) is 1.58. The van der Waals surface area contributed by atoms with Crippen LogP contribution < -0.4 is 0 Å². The number of benzene rings is 1. The van der Waals surface area contributed by atoms with Crippen molar-refractivity contribution in [3.05, 3.63) is 41.3 Å². The molecule has 0 saturated heterocycles. The van der Waals surface area contributed by atoms with Crippen molar-refractivity contribution in [3.63, 3.8) is 0 Å². The number of aliphatic hydroxyl groups excluding tert-OH is 1. The first-order chi connectivity index (χ1) is 10.1. The SMILES string of the molecule is CCc1ccc(S(=O)(=O)c2ccc(SCCCO)cc2)s1. The second kappa shape index (κ2) is 7.45. The number of hydrogen-bond donors (Lipinski definition) is 1. The molecule has 3 nitrogen and oxygen atoms in total. The van der Waals surface area contributed by atoms with Gasteiger partial charge in [-0.2, -0.15) is 0 Å². The molecular formula is C15H18O3S3. The molecule has 0 spiro atoms. The zero-order valence-corrected chi connectivity index (χ0v) is 14.2. The minimum atomic E-state index is -3.40. The lowest BCUT2D eigenvalue weighted by Crippen LogP contribution is -1.99. The first-order valence-corrected chi connectivity index (χ1v) is 10.0. The van der Waals surface area contributed by atoms with Gasteiger partial charge in [0.05, 0.1) is 4.90 Å². The molecule has 21 heavy (non-hydrogen) atoms. The molecule has 0 atom stereocenters. The van der Waals surface area contributed by atoms with E-state index in [0.29, 0.717) is 9.10 Å². The third-order valence-corrected chi connectivity index (χ3v) is 7.54. The van der Waals surface area contributed by atoms with Crippen molar-refractivity contribution in [2.45, 2.75) is 33.8 Å². The second-order valence-electron chi connectivity index (χ2n) is 4.47. The number of aryl methyl sites for hydroxylation is 1. The lowest BCUT2D eigenvalue weighted by atomic mass is 10.4. The largest absolute Gasteiger partial charge is 0.396 e. The molecule has 1 aromatic heterocycles. The Kier molecular flexibility index (Phi) is 5.87. The van der Waals surface area contributed by atoms with Crippen LogP contribution in [-0.4, -0.2) is 25.9 Å². The maximum atomic E-state index is 12.5. The highest BCUT2D eigenvalue weighted by Crippen LogP contribution is 2.29. The van der Waals surface area contributed by atoms with E-state index in [-0.39, 0.29) is 6.61 Å². The van der Waals surface area contributed by atoms with E-state index in [1.54, 1.807) is 30.0 Å². The van der Waals surface area contributed by atoms with Crippen LogP contribution in [0, 0.1) is 0 Å². The Hall–Kier alpha value is -0.820. The number of rotatable bonds is 7. The van der Waals surface area contributed by atoms with Gasteiger partial charge in [0, 0.05) is 22.1 Å². The summed E-state index contributed by atoms with van der Waals surface area (Å²) in [7, 11) is -3.40. The molecule has 0 saturated carbocycles. The molecule has 6 heteroatoms. The van der Waals surface area contributed by atoms with E-state index in [1.165, 1.54) is 11.3 Å². The van der Waals surface area contributed by atoms with Crippen molar-refractivity contribution in [2.75, 3.05) is 12.4 Å². The van der Waals surface area contributed by atoms with Gasteiger partial charge < -0.3 is 5.11 Å². The number of hydrogen-bond acceptors (Lipinski definition) is 5. The summed E-state index contributed by atoms with van der Waals surface area (Å²) in [5.74, 6) is 0.827. The van der Waals surface area contributed by atoms with Gasteiger partial charge in [-0.05, 0) is 49.2 Å². The zero-order chi connectivity index (χ0) is 15.3. The summed E-state index contributed by atoms with van der Waals surface area (Å²) >= 11 is 2.95. The number of aliphatic hydroxyl groups is 1. The summed E-state index contributed by atoms with van der Waals surface area (Å²) in [5.41, 5.74) is 0. The first kappa shape index (κ1) is 16.5. The molecule has 1 aromatic carbocycles. The van der Waals surface area contributed by atoms with Crippen molar-refractivity contribution < 1.29 is 13.5 Å². The molecule has 0 aliphatic heterocycles. The number of sulfone groups is 1. The smallest absolute Gasteiger partial charge is 0.215 e. The first-order valence-electron chi connectivity index (χ1n) is 6.75. The van der Waals surface area contributed by atoms with Gasteiger partial charge in [0.1, 0.15) is 4.21 Å². The lowest BCUT2D eigenvalue weighted by molar-refractivity contribution is 0.296. The van der Waals surface area contributed by atoms with E-state index >= 15 is 0 Å². The summed E-state index contributed by atoms with van der Waals surface area (Å²) < 4.78 is 25.4. The Balaban J connectivity index is 2.17. The maximum absolute atomic E-state index is 12.5. The topological polar surface area (TPSA) is 54.4 Å². The van der Waals surface area contributed by atoms with Crippen LogP contribution in [0.5, 0.6) is 0 Å². The van der Waals surface area contributed by atoms with Crippen LogP contribution in [0.25, 0.3) is 0 Å². The third-order valence-electron chi connectivity index (χ3n) is 2.96. The molecule has 1 heterocycles. The summed E-state index contributed by atoms with van der Waals surface area (Å²) in [6, 6.07) is 10.5. The zero-order valence-electron chi connectivity index (χ0n) is 11.8. The van der Waals surface area contributed by atoms with Crippen LogP contribution in [0.2, 0.25) is 0 Å². The fourth-order valence-corrected chi connectivity index (χ4v) is 5.31. The van der Waals surface area contributed by atoms with Crippen molar-refractivity contribution >= 4 is 32.9 Å². The molecule has 0 fully saturated rings. The molecule has 0 unspecified atom stereocenters. The monoisotopic (exact) mass is 342 g/mol. The standard InChI is InChI=1S/C15H18O3S3/c1-2-12-6-9-15(20-12)21(17,18)14-7-4-13(5-8-14)19-11-3-10-16/h4-9,16H,2-3,10-11H2,1H3. The quantitative estimate of drug-likeness (QED) is 0.617. The molecule has 0 radical (unpaired) electrons. The van der Waals surface area contributed by atoms with E-state index < -0.39 is 9.84 Å². The van der Waals surface area contributed by atoms with Crippen LogP contribution in [0.3, 0.4) is 0 Å². The Bertz CT molecular complexity index is 672. The van der Waals surface area contributed by atoms with Gasteiger partial charge in [-0.3, -0.25) is 0 Å². The van der Waals surface area contributed by atoms with Crippen molar-refractivity contribution in [3.8, 4) is 0 Å². The van der Waals surface area contributed by atoms with Crippen LogP contribution in [0.1, 0.15) is 18.2 Å². The summed E-state index contributed by atoms with van der Waals surface area (Å²) in [4.78, 5) is 2.42. The Morgan fingerprint density at radius 3 is 2.43 bits per heavy atom. The van der Waals surface area contributed by atoms with Gasteiger partial charge in [0.25, 0.3) is 0 Å². The van der Waals surface area contributed by atoms with Crippen LogP contribution >= 0.6 is 23.1 Å². The highest BCUT2D eigenvalue weighted by molar-refractivity contribution is 7.99. The molecule has 0 bridgehead atoms. The van der Waals surface area contributed by atoms with Crippen molar-refractivity contribution in [1.82, 2.24) is 0 Å². The highest BCUT2D eigenvalue weighted by Gasteiger charge is 2.19. The Morgan fingerprint density at radius 2 is 1.86 bits per heavy atom. The van der Waals surface area contributed by atoms with Gasteiger partial charge in [-0.15, -0.1) is 23.1 Å². The molecule has 0 amide bonds. The Morgan fingerprint density at radius 1 is 1.14 bits per heavy atom. The van der Waals surface area contributed by atoms with Crippen molar-refractivity contribution in [1.29, 1.82) is 0 Å². The average molecular weight is 343 g/mol. The Labute approximate surface area is 133 Å². The minimum absolute atomic E-state index is 0.178. The van der Waals surface area contributed by atoms with E-state index in [1.807, 2.05) is 25.1 Å². The molecule has 114 valence electrons. The molecular weight excluding hydrogens is 324 g/mol. The second-order valence-corrected chi connectivity index (χ2v) is 8.99. The van der Waals surface area contributed by atoms with Gasteiger partial charge in [-0.1, -0.05) is 6.92 Å². The molecule has 2 rings (SSSR count). The lowest BCUT2D eigenvalue weighted by Gasteiger charge is -2.04. The predicted molar refractivity (Wildman–Crippen MR) is 88.0 cm³/mol. The fraction of sp³-hybridized carbons (Fsp3) is 0.333. The summed E-state index contributed by atoms with van der Waals surface area (Å²) in [5, 5.41) is 8.75. The van der Waals surface area contributed by atoms with Crippen LogP contribution in [0.4, 0.5) is 0 Å². The normalized spacial score (nSPS) is 11.7.